The second-order valence-corrected chi connectivity index (χ2v) is 5.20. The molecule has 23 heavy (non-hydrogen) atoms. The number of carbonyl (C=O) groups is 1. The summed E-state index contributed by atoms with van der Waals surface area (Å²) in [5.41, 5.74) is 0.563. The monoisotopic (exact) mass is 335 g/mol. The van der Waals surface area contributed by atoms with Crippen molar-refractivity contribution in [3.05, 3.63) is 62.8 Å². The molecular weight excluding hydrogens is 322 g/mol. The SMILES string of the molecule is COC(=O)c1cnc(NC(C)c2cccc(Cl)c2)c([N+](=O)[O-])c1. The number of nitrogens with zero attached hydrogens (tertiary/aromatic N) is 2. The highest BCUT2D eigenvalue weighted by molar-refractivity contribution is 6.30. The lowest BCUT2D eigenvalue weighted by Gasteiger charge is -2.15. The molecule has 1 aromatic heterocycles. The summed E-state index contributed by atoms with van der Waals surface area (Å²) in [6, 6.07) is 8.00. The molecule has 0 aliphatic heterocycles. The van der Waals surface area contributed by atoms with E-state index in [0.29, 0.717) is 5.02 Å². The molecule has 0 radical (unpaired) electrons. The quantitative estimate of drug-likeness (QED) is 0.509. The molecule has 1 aromatic carbocycles. The molecule has 1 unspecified atom stereocenters. The van der Waals surface area contributed by atoms with Crippen molar-refractivity contribution < 1.29 is 14.5 Å². The van der Waals surface area contributed by atoms with Crippen molar-refractivity contribution >= 4 is 29.1 Å². The van der Waals surface area contributed by atoms with Crippen LogP contribution in [0.4, 0.5) is 11.5 Å². The van der Waals surface area contributed by atoms with Crippen LogP contribution < -0.4 is 5.32 Å². The summed E-state index contributed by atoms with van der Waals surface area (Å²) in [7, 11) is 1.20. The molecule has 0 fully saturated rings. The number of nitrogens with one attached hydrogen (secondary N) is 1. The van der Waals surface area contributed by atoms with Gasteiger partial charge in [-0.05, 0) is 24.6 Å². The van der Waals surface area contributed by atoms with Gasteiger partial charge in [0.05, 0.1) is 23.6 Å². The molecule has 8 heteroatoms. The zero-order chi connectivity index (χ0) is 17.0. The summed E-state index contributed by atoms with van der Waals surface area (Å²) in [4.78, 5) is 26.0. The minimum atomic E-state index is -0.685. The summed E-state index contributed by atoms with van der Waals surface area (Å²) in [5, 5.41) is 14.7. The van der Waals surface area contributed by atoms with E-state index in [1.807, 2.05) is 13.0 Å². The van der Waals surface area contributed by atoms with Crippen LogP contribution in [0.2, 0.25) is 5.02 Å². The Balaban J connectivity index is 2.32. The molecule has 7 nitrogen and oxygen atoms in total. The Labute approximate surface area is 137 Å². The maximum absolute atomic E-state index is 11.5. The highest BCUT2D eigenvalue weighted by Gasteiger charge is 2.21. The lowest BCUT2D eigenvalue weighted by molar-refractivity contribution is -0.384. The van der Waals surface area contributed by atoms with E-state index >= 15 is 0 Å². The van der Waals surface area contributed by atoms with E-state index in [0.717, 1.165) is 11.6 Å². The molecule has 0 saturated heterocycles. The minimum Gasteiger partial charge on any atom is -0.465 e. The molecule has 1 atom stereocenters. The smallest absolute Gasteiger partial charge is 0.339 e. The summed E-state index contributed by atoms with van der Waals surface area (Å²) in [5.74, 6) is -0.620. The van der Waals surface area contributed by atoms with Crippen molar-refractivity contribution in [2.24, 2.45) is 0 Å². The van der Waals surface area contributed by atoms with Gasteiger partial charge in [-0.1, -0.05) is 23.7 Å². The van der Waals surface area contributed by atoms with E-state index < -0.39 is 10.9 Å². The van der Waals surface area contributed by atoms with Gasteiger partial charge in [-0.3, -0.25) is 10.1 Å². The Kier molecular flexibility index (Phi) is 5.13. The number of hydrogen-bond acceptors (Lipinski definition) is 6. The van der Waals surface area contributed by atoms with Crippen LogP contribution in [-0.4, -0.2) is 23.0 Å². The van der Waals surface area contributed by atoms with Gasteiger partial charge < -0.3 is 10.1 Å². The molecule has 1 heterocycles. The zero-order valence-corrected chi connectivity index (χ0v) is 13.2. The largest absolute Gasteiger partial charge is 0.465 e. The summed E-state index contributed by atoms with van der Waals surface area (Å²) in [6.45, 7) is 1.82. The topological polar surface area (TPSA) is 94.4 Å². The van der Waals surface area contributed by atoms with Crippen LogP contribution in [0, 0.1) is 10.1 Å². The van der Waals surface area contributed by atoms with Gasteiger partial charge in [0.1, 0.15) is 0 Å². The first-order chi connectivity index (χ1) is 10.9. The van der Waals surface area contributed by atoms with Crippen molar-refractivity contribution in [3.63, 3.8) is 0 Å². The van der Waals surface area contributed by atoms with Gasteiger partial charge in [0.15, 0.2) is 0 Å². The molecule has 2 aromatic rings. The highest BCUT2D eigenvalue weighted by Crippen LogP contribution is 2.28. The van der Waals surface area contributed by atoms with Gasteiger partial charge in [-0.25, -0.2) is 9.78 Å². The number of halogens is 1. The van der Waals surface area contributed by atoms with E-state index in [1.54, 1.807) is 18.2 Å². The first kappa shape index (κ1) is 16.7. The van der Waals surface area contributed by atoms with Gasteiger partial charge in [0, 0.05) is 17.3 Å². The Bertz CT molecular complexity index is 751. The van der Waals surface area contributed by atoms with Crippen LogP contribution in [0.3, 0.4) is 0 Å². The van der Waals surface area contributed by atoms with Crippen LogP contribution in [0.25, 0.3) is 0 Å². The number of hydrogen-bond donors (Lipinski definition) is 1. The maximum Gasteiger partial charge on any atom is 0.339 e. The lowest BCUT2D eigenvalue weighted by atomic mass is 10.1. The molecule has 2 rings (SSSR count). The lowest BCUT2D eigenvalue weighted by Crippen LogP contribution is -2.11. The molecule has 0 spiro atoms. The first-order valence-electron chi connectivity index (χ1n) is 6.67. The number of esters is 1. The van der Waals surface area contributed by atoms with E-state index in [2.05, 4.69) is 15.0 Å². The van der Waals surface area contributed by atoms with Crippen molar-refractivity contribution in [1.82, 2.24) is 4.98 Å². The predicted octanol–water partition coefficient (Wildman–Crippen LogP) is 3.60. The fourth-order valence-electron chi connectivity index (χ4n) is 2.00. The third kappa shape index (κ3) is 3.95. The van der Waals surface area contributed by atoms with Crippen LogP contribution in [0.5, 0.6) is 0 Å². The summed E-state index contributed by atoms with van der Waals surface area (Å²) >= 11 is 5.94. The number of aromatic nitrogens is 1. The second kappa shape index (κ2) is 7.06. The zero-order valence-electron chi connectivity index (χ0n) is 12.4. The highest BCUT2D eigenvalue weighted by atomic mass is 35.5. The van der Waals surface area contributed by atoms with E-state index in [9.17, 15) is 14.9 Å². The summed E-state index contributed by atoms with van der Waals surface area (Å²) < 4.78 is 4.54. The van der Waals surface area contributed by atoms with Crippen molar-refractivity contribution in [3.8, 4) is 0 Å². The van der Waals surface area contributed by atoms with Gasteiger partial charge in [0.2, 0.25) is 5.82 Å². The molecule has 0 bridgehead atoms. The number of benzene rings is 1. The predicted molar refractivity (Wildman–Crippen MR) is 85.7 cm³/mol. The Morgan fingerprint density at radius 1 is 1.43 bits per heavy atom. The number of pyridine rings is 1. The van der Waals surface area contributed by atoms with E-state index in [1.165, 1.54) is 13.3 Å². The van der Waals surface area contributed by atoms with E-state index in [4.69, 9.17) is 11.6 Å². The molecule has 0 saturated carbocycles. The fourth-order valence-corrected chi connectivity index (χ4v) is 2.20. The Morgan fingerprint density at radius 2 is 2.17 bits per heavy atom. The molecule has 120 valence electrons. The number of methoxy groups -OCH3 is 1. The summed E-state index contributed by atoms with van der Waals surface area (Å²) in [6.07, 6.45) is 1.23. The molecular formula is C15H14ClN3O4. The first-order valence-corrected chi connectivity index (χ1v) is 7.05. The molecule has 0 aliphatic rings. The number of nitro groups is 1. The average Bonchev–Trinajstić information content (AvgIpc) is 2.54. The van der Waals surface area contributed by atoms with Gasteiger partial charge >= 0.3 is 11.7 Å². The van der Waals surface area contributed by atoms with Crippen molar-refractivity contribution in [2.75, 3.05) is 12.4 Å². The van der Waals surface area contributed by atoms with E-state index in [-0.39, 0.29) is 23.1 Å². The molecule has 0 amide bonds. The van der Waals surface area contributed by atoms with Gasteiger partial charge in [-0.2, -0.15) is 0 Å². The maximum atomic E-state index is 11.5. The number of anilines is 1. The average molecular weight is 336 g/mol. The standard InChI is InChI=1S/C15H14ClN3O4/c1-9(10-4-3-5-12(16)6-10)18-14-13(19(21)22)7-11(8-17-14)15(20)23-2/h3-9H,1-2H3,(H,17,18). The third-order valence-electron chi connectivity index (χ3n) is 3.19. The number of rotatable bonds is 5. The Morgan fingerprint density at radius 3 is 2.78 bits per heavy atom. The van der Waals surface area contributed by atoms with Crippen molar-refractivity contribution in [1.29, 1.82) is 0 Å². The minimum absolute atomic E-state index is 0.0140. The number of carbonyl (C=O) groups excluding carboxylic acids is 1. The van der Waals surface area contributed by atoms with Crippen LogP contribution in [0.1, 0.15) is 28.9 Å². The van der Waals surface area contributed by atoms with Crippen LogP contribution in [0.15, 0.2) is 36.5 Å². The number of ether oxygens (including phenoxy) is 1. The van der Waals surface area contributed by atoms with Crippen LogP contribution >= 0.6 is 11.6 Å². The van der Waals surface area contributed by atoms with Gasteiger partial charge in [-0.15, -0.1) is 0 Å². The third-order valence-corrected chi connectivity index (χ3v) is 3.42. The normalized spacial score (nSPS) is 11.6. The molecule has 1 N–H and O–H groups in total. The Hall–Kier alpha value is -2.67. The molecule has 0 aliphatic carbocycles. The van der Waals surface area contributed by atoms with Crippen molar-refractivity contribution in [2.45, 2.75) is 13.0 Å². The second-order valence-electron chi connectivity index (χ2n) is 4.76. The fraction of sp³-hybridized carbons (Fsp3) is 0.200. The van der Waals surface area contributed by atoms with Gasteiger partial charge in [0.25, 0.3) is 0 Å². The van der Waals surface area contributed by atoms with Crippen LogP contribution in [-0.2, 0) is 4.74 Å².